The molecule has 1 aromatic rings. The van der Waals surface area contributed by atoms with E-state index in [0.29, 0.717) is 30.0 Å². The third kappa shape index (κ3) is 3.07. The summed E-state index contributed by atoms with van der Waals surface area (Å²) in [5.41, 5.74) is 1.20. The van der Waals surface area contributed by atoms with Crippen LogP contribution in [0.2, 0.25) is 0 Å². The minimum absolute atomic E-state index is 0.0793. The van der Waals surface area contributed by atoms with Crippen LogP contribution in [0.3, 0.4) is 0 Å². The summed E-state index contributed by atoms with van der Waals surface area (Å²) in [7, 11) is 0. The van der Waals surface area contributed by atoms with Crippen molar-refractivity contribution in [1.29, 1.82) is 0 Å². The molecule has 2 aliphatic heterocycles. The van der Waals surface area contributed by atoms with E-state index in [4.69, 9.17) is 9.84 Å². The van der Waals surface area contributed by atoms with Crippen LogP contribution in [0.1, 0.15) is 12.8 Å². The third-order valence-corrected chi connectivity index (χ3v) is 4.54. The van der Waals surface area contributed by atoms with Gasteiger partial charge >= 0.3 is 5.97 Å². The number of hydrogen-bond donors (Lipinski definition) is 3. The van der Waals surface area contributed by atoms with Gasteiger partial charge in [0, 0.05) is 10.6 Å². The Labute approximate surface area is 130 Å². The molecule has 22 heavy (non-hydrogen) atoms. The van der Waals surface area contributed by atoms with Crippen molar-refractivity contribution in [3.05, 3.63) is 18.2 Å². The molecule has 1 saturated heterocycles. The number of benzene rings is 1. The Morgan fingerprint density at radius 3 is 2.82 bits per heavy atom. The highest BCUT2D eigenvalue weighted by Gasteiger charge is 2.34. The number of anilines is 2. The molecule has 0 bridgehead atoms. The number of nitrogens with one attached hydrogen (secondary N) is 2. The van der Waals surface area contributed by atoms with Gasteiger partial charge in [-0.2, -0.15) is 0 Å². The molecular formula is C14H14N2O5S. The highest BCUT2D eigenvalue weighted by Crippen LogP contribution is 2.33. The van der Waals surface area contributed by atoms with E-state index in [0.717, 1.165) is 4.90 Å². The van der Waals surface area contributed by atoms with E-state index >= 15 is 0 Å². The minimum atomic E-state index is -1.05. The van der Waals surface area contributed by atoms with Gasteiger partial charge in [-0.25, -0.2) is 4.79 Å². The summed E-state index contributed by atoms with van der Waals surface area (Å²) in [5.74, 6) is -1.13. The fraction of sp³-hybridized carbons (Fsp3) is 0.357. The molecule has 1 aromatic carbocycles. The summed E-state index contributed by atoms with van der Waals surface area (Å²) in [6, 6.07) is 5.25. The highest BCUT2D eigenvalue weighted by atomic mass is 32.2. The van der Waals surface area contributed by atoms with Crippen molar-refractivity contribution < 1.29 is 24.2 Å². The predicted octanol–water partition coefficient (Wildman–Crippen LogP) is 1.30. The monoisotopic (exact) mass is 322 g/mol. The SMILES string of the molecule is O=C1CSc2ccc(NC(=O)[C@@H]3CC[C@H](C(=O)O)O3)cc2N1. The zero-order valence-electron chi connectivity index (χ0n) is 11.5. The molecule has 0 unspecified atom stereocenters. The third-order valence-electron chi connectivity index (χ3n) is 3.47. The van der Waals surface area contributed by atoms with E-state index in [2.05, 4.69) is 10.6 Å². The van der Waals surface area contributed by atoms with Gasteiger partial charge in [0.1, 0.15) is 6.10 Å². The molecule has 2 aliphatic rings. The molecule has 0 aromatic heterocycles. The first-order chi connectivity index (χ1) is 10.5. The largest absolute Gasteiger partial charge is 0.479 e. The molecule has 3 N–H and O–H groups in total. The van der Waals surface area contributed by atoms with Crippen LogP contribution in [0.4, 0.5) is 11.4 Å². The van der Waals surface area contributed by atoms with Gasteiger partial charge < -0.3 is 20.5 Å². The predicted molar refractivity (Wildman–Crippen MR) is 80.0 cm³/mol. The maximum Gasteiger partial charge on any atom is 0.332 e. The van der Waals surface area contributed by atoms with Gasteiger partial charge in [0.05, 0.1) is 11.4 Å². The molecule has 2 atom stereocenters. The molecule has 116 valence electrons. The molecule has 2 heterocycles. The summed E-state index contributed by atoms with van der Waals surface area (Å²) >= 11 is 1.44. The van der Waals surface area contributed by atoms with Crippen LogP contribution in [0.25, 0.3) is 0 Å². The van der Waals surface area contributed by atoms with Crippen molar-refractivity contribution in [3.63, 3.8) is 0 Å². The van der Waals surface area contributed by atoms with Gasteiger partial charge in [0.15, 0.2) is 6.10 Å². The molecule has 0 aliphatic carbocycles. The first-order valence-electron chi connectivity index (χ1n) is 6.79. The summed E-state index contributed by atoms with van der Waals surface area (Å²) in [6.45, 7) is 0. The summed E-state index contributed by atoms with van der Waals surface area (Å²) in [4.78, 5) is 35.2. The molecule has 7 nitrogen and oxygen atoms in total. The average molecular weight is 322 g/mol. The average Bonchev–Trinajstić information content (AvgIpc) is 2.97. The van der Waals surface area contributed by atoms with Crippen LogP contribution in [0.15, 0.2) is 23.1 Å². The fourth-order valence-corrected chi connectivity index (χ4v) is 3.18. The van der Waals surface area contributed by atoms with Crippen LogP contribution in [-0.4, -0.2) is 40.9 Å². The van der Waals surface area contributed by atoms with Gasteiger partial charge in [-0.15, -0.1) is 11.8 Å². The first kappa shape index (κ1) is 14.9. The quantitative estimate of drug-likeness (QED) is 0.775. The minimum Gasteiger partial charge on any atom is -0.479 e. The summed E-state index contributed by atoms with van der Waals surface area (Å²) in [6.07, 6.45) is -0.985. The number of aliphatic carboxylic acids is 1. The molecule has 1 fully saturated rings. The second-order valence-electron chi connectivity index (χ2n) is 5.07. The number of carbonyl (C=O) groups excluding carboxylic acids is 2. The Bertz CT molecular complexity index is 648. The second kappa shape index (κ2) is 5.98. The molecular weight excluding hydrogens is 308 g/mol. The molecule has 0 radical (unpaired) electrons. The number of amides is 2. The smallest absolute Gasteiger partial charge is 0.332 e. The van der Waals surface area contributed by atoms with Crippen LogP contribution < -0.4 is 10.6 Å². The van der Waals surface area contributed by atoms with Crippen molar-refractivity contribution >= 4 is 40.9 Å². The Kier molecular flexibility index (Phi) is 4.04. The number of carbonyl (C=O) groups is 3. The maximum atomic E-state index is 12.1. The van der Waals surface area contributed by atoms with E-state index in [1.165, 1.54) is 11.8 Å². The second-order valence-corrected chi connectivity index (χ2v) is 6.08. The van der Waals surface area contributed by atoms with E-state index in [1.807, 2.05) is 6.07 Å². The Morgan fingerprint density at radius 1 is 1.32 bits per heavy atom. The lowest BCUT2D eigenvalue weighted by Crippen LogP contribution is -2.30. The number of carboxylic acids is 1. The number of carboxylic acid groups (broad SMARTS) is 1. The van der Waals surface area contributed by atoms with Gasteiger partial charge in [0.25, 0.3) is 5.91 Å². The summed E-state index contributed by atoms with van der Waals surface area (Å²) < 4.78 is 5.20. The topological polar surface area (TPSA) is 105 Å². The fourth-order valence-electron chi connectivity index (χ4n) is 2.40. The number of hydrogen-bond acceptors (Lipinski definition) is 5. The number of rotatable bonds is 3. The van der Waals surface area contributed by atoms with E-state index < -0.39 is 18.2 Å². The van der Waals surface area contributed by atoms with Gasteiger partial charge in [-0.05, 0) is 31.0 Å². The number of ether oxygens (including phenoxy) is 1. The van der Waals surface area contributed by atoms with Gasteiger partial charge in [-0.3, -0.25) is 9.59 Å². The van der Waals surface area contributed by atoms with Crippen molar-refractivity contribution in [2.24, 2.45) is 0 Å². The Balaban J connectivity index is 1.66. The van der Waals surface area contributed by atoms with E-state index in [9.17, 15) is 14.4 Å². The normalized spacial score (nSPS) is 23.5. The summed E-state index contributed by atoms with van der Waals surface area (Å²) in [5, 5.41) is 14.3. The van der Waals surface area contributed by atoms with E-state index in [1.54, 1.807) is 12.1 Å². The van der Waals surface area contributed by atoms with Crippen molar-refractivity contribution in [3.8, 4) is 0 Å². The van der Waals surface area contributed by atoms with Crippen LogP contribution in [-0.2, 0) is 19.1 Å². The molecule has 2 amide bonds. The van der Waals surface area contributed by atoms with Crippen LogP contribution >= 0.6 is 11.8 Å². The molecule has 3 rings (SSSR count). The zero-order chi connectivity index (χ0) is 15.7. The van der Waals surface area contributed by atoms with Crippen molar-refractivity contribution in [1.82, 2.24) is 0 Å². The lowest BCUT2D eigenvalue weighted by atomic mass is 10.2. The Morgan fingerprint density at radius 2 is 2.09 bits per heavy atom. The van der Waals surface area contributed by atoms with Gasteiger partial charge in [-0.1, -0.05) is 0 Å². The number of fused-ring (bicyclic) bond motifs is 1. The Hall–Kier alpha value is -2.06. The lowest BCUT2D eigenvalue weighted by molar-refractivity contribution is -0.150. The van der Waals surface area contributed by atoms with E-state index in [-0.39, 0.29) is 11.8 Å². The molecule has 0 saturated carbocycles. The van der Waals surface area contributed by atoms with Gasteiger partial charge in [0.2, 0.25) is 5.91 Å². The van der Waals surface area contributed by atoms with Crippen molar-refractivity contribution in [2.75, 3.05) is 16.4 Å². The highest BCUT2D eigenvalue weighted by molar-refractivity contribution is 8.00. The standard InChI is InChI=1S/C14H14N2O5S/c17-12-6-22-11-4-1-7(5-8(11)16-12)15-13(18)9-2-3-10(21-9)14(19)20/h1,4-5,9-10H,2-3,6H2,(H,15,18)(H,16,17)(H,19,20)/t9-,10+/m0/s1. The molecule has 0 spiro atoms. The molecule has 8 heteroatoms. The van der Waals surface area contributed by atoms with Crippen molar-refractivity contribution in [2.45, 2.75) is 29.9 Å². The number of thioether (sulfide) groups is 1. The lowest BCUT2D eigenvalue weighted by Gasteiger charge is -2.18. The maximum absolute atomic E-state index is 12.1. The zero-order valence-corrected chi connectivity index (χ0v) is 12.3. The van der Waals surface area contributed by atoms with Crippen LogP contribution in [0, 0.1) is 0 Å². The van der Waals surface area contributed by atoms with Crippen LogP contribution in [0.5, 0.6) is 0 Å². The first-order valence-corrected chi connectivity index (χ1v) is 7.77.